The molecular weight excluding hydrogens is 396 g/mol. The van der Waals surface area contributed by atoms with Crippen LogP contribution in [0.5, 0.6) is 0 Å². The van der Waals surface area contributed by atoms with Crippen LogP contribution in [0.3, 0.4) is 0 Å². The largest absolute Gasteiger partial charge is 0.465 e. The summed E-state index contributed by atoms with van der Waals surface area (Å²) in [6, 6.07) is 6.17. The maximum Gasteiger partial charge on any atom is 0.404 e. The number of pyridine rings is 2. The van der Waals surface area contributed by atoms with E-state index in [1.54, 1.807) is 0 Å². The second-order valence-corrected chi connectivity index (χ2v) is 7.63. The SMILES string of the molecule is Cc1cc(-c2[nH]c3cc4c(nc3c2Br)CC(NC(=O)O)CC4)cc(C)n1. The van der Waals surface area contributed by atoms with Crippen molar-refractivity contribution in [1.29, 1.82) is 0 Å². The van der Waals surface area contributed by atoms with Gasteiger partial charge in [0.15, 0.2) is 0 Å². The fraction of sp³-hybridized carbons (Fsp3) is 0.316. The lowest BCUT2D eigenvalue weighted by atomic mass is 9.92. The standard InChI is InChI=1S/C19H19BrN4O2/c1-9-5-12(6-10(2)21-9)17-16(20)18-15(24-17)7-11-3-4-13(22-19(25)26)8-14(11)23-18/h5-7,13,22,24H,3-4,8H2,1-2H3,(H,25,26). The molecule has 7 heteroatoms. The molecule has 134 valence electrons. The van der Waals surface area contributed by atoms with Crippen molar-refractivity contribution in [2.24, 2.45) is 0 Å². The summed E-state index contributed by atoms with van der Waals surface area (Å²) in [5, 5.41) is 11.5. The molecule has 1 aliphatic carbocycles. The fourth-order valence-corrected chi connectivity index (χ4v) is 4.33. The van der Waals surface area contributed by atoms with Gasteiger partial charge in [0.1, 0.15) is 5.52 Å². The number of hydrogen-bond donors (Lipinski definition) is 3. The molecular formula is C19H19BrN4O2. The summed E-state index contributed by atoms with van der Waals surface area (Å²) in [6.07, 6.45) is 1.26. The number of amides is 1. The predicted molar refractivity (Wildman–Crippen MR) is 103 cm³/mol. The number of carbonyl (C=O) groups is 1. The summed E-state index contributed by atoms with van der Waals surface area (Å²) in [4.78, 5) is 23.7. The van der Waals surface area contributed by atoms with Crippen molar-refractivity contribution in [3.8, 4) is 11.3 Å². The van der Waals surface area contributed by atoms with E-state index in [1.807, 2.05) is 13.8 Å². The molecule has 6 nitrogen and oxygen atoms in total. The van der Waals surface area contributed by atoms with Crippen LogP contribution in [-0.4, -0.2) is 32.2 Å². The highest BCUT2D eigenvalue weighted by atomic mass is 79.9. The number of halogens is 1. The molecule has 0 radical (unpaired) electrons. The molecule has 4 rings (SSSR count). The first-order chi connectivity index (χ1) is 12.4. The van der Waals surface area contributed by atoms with Gasteiger partial charge in [-0.25, -0.2) is 9.78 Å². The number of hydrogen-bond acceptors (Lipinski definition) is 3. The Labute approximate surface area is 159 Å². The van der Waals surface area contributed by atoms with E-state index in [0.717, 1.165) is 56.7 Å². The summed E-state index contributed by atoms with van der Waals surface area (Å²) < 4.78 is 0.925. The van der Waals surface area contributed by atoms with Crippen molar-refractivity contribution >= 4 is 33.1 Å². The normalized spacial score (nSPS) is 16.5. The predicted octanol–water partition coefficient (Wildman–Crippen LogP) is 4.13. The van der Waals surface area contributed by atoms with E-state index in [-0.39, 0.29) is 6.04 Å². The second-order valence-electron chi connectivity index (χ2n) is 6.83. The van der Waals surface area contributed by atoms with Crippen LogP contribution in [0.15, 0.2) is 22.7 Å². The second kappa shape index (κ2) is 6.39. The van der Waals surface area contributed by atoms with E-state index in [4.69, 9.17) is 10.1 Å². The molecule has 26 heavy (non-hydrogen) atoms. The van der Waals surface area contributed by atoms with E-state index >= 15 is 0 Å². The zero-order chi connectivity index (χ0) is 18.4. The van der Waals surface area contributed by atoms with Crippen LogP contribution >= 0.6 is 15.9 Å². The van der Waals surface area contributed by atoms with Crippen molar-refractivity contribution in [3.63, 3.8) is 0 Å². The van der Waals surface area contributed by atoms with Gasteiger partial charge in [-0.3, -0.25) is 4.98 Å². The summed E-state index contributed by atoms with van der Waals surface area (Å²) >= 11 is 3.70. The lowest BCUT2D eigenvalue weighted by Gasteiger charge is -2.23. The number of nitrogens with zero attached hydrogens (tertiary/aromatic N) is 2. The third-order valence-corrected chi connectivity index (χ3v) is 5.55. The molecule has 3 aromatic rings. The molecule has 0 aromatic carbocycles. The average molecular weight is 415 g/mol. The molecule has 3 heterocycles. The third kappa shape index (κ3) is 3.07. The first kappa shape index (κ1) is 17.0. The van der Waals surface area contributed by atoms with Crippen LogP contribution in [0.4, 0.5) is 4.79 Å². The molecule has 0 saturated carbocycles. The number of aromatic nitrogens is 3. The van der Waals surface area contributed by atoms with Crippen LogP contribution in [0, 0.1) is 13.8 Å². The van der Waals surface area contributed by atoms with E-state index in [1.165, 1.54) is 5.56 Å². The van der Waals surface area contributed by atoms with Gasteiger partial charge in [-0.2, -0.15) is 0 Å². The lowest BCUT2D eigenvalue weighted by molar-refractivity contribution is 0.188. The highest BCUT2D eigenvalue weighted by molar-refractivity contribution is 9.10. The Hall–Kier alpha value is -2.41. The quantitative estimate of drug-likeness (QED) is 0.587. The van der Waals surface area contributed by atoms with Crippen LogP contribution in [0.1, 0.15) is 29.1 Å². The Balaban J connectivity index is 1.78. The average Bonchev–Trinajstić information content (AvgIpc) is 2.88. The first-order valence-corrected chi connectivity index (χ1v) is 9.35. The van der Waals surface area contributed by atoms with Crippen LogP contribution in [0.2, 0.25) is 0 Å². The molecule has 1 atom stereocenters. The Kier molecular flexibility index (Phi) is 4.19. The monoisotopic (exact) mass is 414 g/mol. The molecule has 1 amide bonds. The summed E-state index contributed by atoms with van der Waals surface area (Å²) in [6.45, 7) is 3.97. The van der Waals surface area contributed by atoms with Crippen molar-refractivity contribution in [1.82, 2.24) is 20.3 Å². The number of rotatable bonds is 2. The minimum Gasteiger partial charge on any atom is -0.465 e. The molecule has 1 unspecified atom stereocenters. The minimum atomic E-state index is -0.979. The Morgan fingerprint density at radius 3 is 2.69 bits per heavy atom. The maximum atomic E-state index is 10.9. The Morgan fingerprint density at radius 2 is 2.00 bits per heavy atom. The Morgan fingerprint density at radius 1 is 1.27 bits per heavy atom. The van der Waals surface area contributed by atoms with E-state index in [9.17, 15) is 4.79 Å². The smallest absolute Gasteiger partial charge is 0.404 e. The molecule has 0 saturated heterocycles. The van der Waals surface area contributed by atoms with Crippen molar-refractivity contribution in [2.45, 2.75) is 39.2 Å². The number of carboxylic acid groups (broad SMARTS) is 1. The molecule has 0 bridgehead atoms. The summed E-state index contributed by atoms with van der Waals surface area (Å²) in [7, 11) is 0. The summed E-state index contributed by atoms with van der Waals surface area (Å²) in [5.41, 5.74) is 8.02. The van der Waals surface area contributed by atoms with Crippen molar-refractivity contribution in [3.05, 3.63) is 45.3 Å². The number of fused-ring (bicyclic) bond motifs is 2. The molecule has 3 aromatic heterocycles. The van der Waals surface area contributed by atoms with E-state index < -0.39 is 6.09 Å². The number of aryl methyl sites for hydroxylation is 3. The van der Waals surface area contributed by atoms with Gasteiger partial charge < -0.3 is 15.4 Å². The molecule has 0 fully saturated rings. The van der Waals surface area contributed by atoms with Crippen molar-refractivity contribution < 1.29 is 9.90 Å². The highest BCUT2D eigenvalue weighted by Gasteiger charge is 2.23. The minimum absolute atomic E-state index is 0.0763. The zero-order valence-corrected chi connectivity index (χ0v) is 16.1. The number of nitrogens with one attached hydrogen (secondary N) is 2. The van der Waals surface area contributed by atoms with Gasteiger partial charge >= 0.3 is 6.09 Å². The van der Waals surface area contributed by atoms with Gasteiger partial charge in [-0.15, -0.1) is 0 Å². The van der Waals surface area contributed by atoms with Crippen LogP contribution < -0.4 is 5.32 Å². The number of H-pyrrole nitrogens is 1. The highest BCUT2D eigenvalue weighted by Crippen LogP contribution is 2.36. The Bertz CT molecular complexity index is 1010. The van der Waals surface area contributed by atoms with Crippen molar-refractivity contribution in [2.75, 3.05) is 0 Å². The maximum absolute atomic E-state index is 10.9. The van der Waals surface area contributed by atoms with Gasteiger partial charge in [0.05, 0.1) is 15.7 Å². The van der Waals surface area contributed by atoms with E-state index in [0.29, 0.717) is 6.42 Å². The van der Waals surface area contributed by atoms with Gasteiger partial charge in [-0.1, -0.05) is 0 Å². The van der Waals surface area contributed by atoms with Crippen LogP contribution in [-0.2, 0) is 12.8 Å². The van der Waals surface area contributed by atoms with Gasteiger partial charge in [-0.05, 0) is 66.4 Å². The first-order valence-electron chi connectivity index (χ1n) is 8.56. The molecule has 3 N–H and O–H groups in total. The molecule has 1 aliphatic rings. The van der Waals surface area contributed by atoms with Crippen LogP contribution in [0.25, 0.3) is 22.3 Å². The summed E-state index contributed by atoms with van der Waals surface area (Å²) in [5.74, 6) is 0. The lowest BCUT2D eigenvalue weighted by Crippen LogP contribution is -2.38. The third-order valence-electron chi connectivity index (χ3n) is 4.78. The van der Waals surface area contributed by atoms with Gasteiger partial charge in [0, 0.05) is 35.1 Å². The van der Waals surface area contributed by atoms with Gasteiger partial charge in [0.2, 0.25) is 0 Å². The fourth-order valence-electron chi connectivity index (χ4n) is 3.70. The molecule has 0 aliphatic heterocycles. The molecule has 0 spiro atoms. The number of aromatic amines is 1. The van der Waals surface area contributed by atoms with Gasteiger partial charge in [0.25, 0.3) is 0 Å². The zero-order valence-electron chi connectivity index (χ0n) is 14.6. The van der Waals surface area contributed by atoms with E-state index in [2.05, 4.69) is 49.4 Å². The topological polar surface area (TPSA) is 90.9 Å².